The van der Waals surface area contributed by atoms with Crippen LogP contribution in [0.1, 0.15) is 34.4 Å². The number of carbonyl (C=O) groups is 1. The van der Waals surface area contributed by atoms with Crippen LogP contribution in [-0.4, -0.2) is 16.6 Å². The Kier molecular flexibility index (Phi) is 4.98. The average Bonchev–Trinajstić information content (AvgIpc) is 3.11. The Morgan fingerprint density at radius 3 is 2.78 bits per heavy atom. The molecule has 0 bridgehead atoms. The van der Waals surface area contributed by atoms with Crippen LogP contribution in [0, 0.1) is 6.92 Å². The number of rotatable bonds is 4. The third kappa shape index (κ3) is 4.06. The van der Waals surface area contributed by atoms with E-state index < -0.39 is 0 Å². The number of fused-ring (bicyclic) bond motifs is 1. The second-order valence-electron chi connectivity index (χ2n) is 6.37. The molecule has 3 aromatic rings. The number of hydrogen-bond donors (Lipinski definition) is 1. The first-order chi connectivity index (χ1) is 13.2. The van der Waals surface area contributed by atoms with Crippen LogP contribution in [0.3, 0.4) is 0 Å². The van der Waals surface area contributed by atoms with E-state index in [1.165, 1.54) is 11.3 Å². The van der Waals surface area contributed by atoms with E-state index in [0.717, 1.165) is 33.3 Å². The molecule has 1 N–H and O–H groups in total. The highest BCUT2D eigenvalue weighted by Crippen LogP contribution is 2.34. The van der Waals surface area contributed by atoms with E-state index in [1.54, 1.807) is 0 Å². The smallest absolute Gasteiger partial charge is 0.246 e. The molecule has 2 heterocycles. The Labute approximate surface area is 161 Å². The number of aromatic nitrogens is 1. The molecule has 5 nitrogen and oxygen atoms in total. The summed E-state index contributed by atoms with van der Waals surface area (Å²) in [5.41, 5.74) is 6.43. The summed E-state index contributed by atoms with van der Waals surface area (Å²) in [5.74, 6) is 0.609. The molecule has 27 heavy (non-hydrogen) atoms. The Bertz CT molecular complexity index is 982. The van der Waals surface area contributed by atoms with E-state index in [1.807, 2.05) is 66.9 Å². The van der Waals surface area contributed by atoms with Crippen molar-refractivity contribution in [1.82, 2.24) is 10.4 Å². The summed E-state index contributed by atoms with van der Waals surface area (Å²) in [6, 6.07) is 17.8. The van der Waals surface area contributed by atoms with Gasteiger partial charge in [0.15, 0.2) is 0 Å². The second-order valence-corrected chi connectivity index (χ2v) is 7.31. The third-order valence-electron chi connectivity index (χ3n) is 4.31. The zero-order chi connectivity index (χ0) is 18.6. The number of hydrogen-bond acceptors (Lipinski definition) is 5. The summed E-state index contributed by atoms with van der Waals surface area (Å²) in [6.45, 7) is 1.92. The Hall–Kier alpha value is -2.99. The molecule has 0 radical (unpaired) electrons. The number of para-hydroxylation sites is 1. The van der Waals surface area contributed by atoms with Gasteiger partial charge in [-0.15, -0.1) is 11.3 Å². The molecule has 2 aromatic carbocycles. The monoisotopic (exact) mass is 377 g/mol. The number of benzene rings is 2. The lowest BCUT2D eigenvalue weighted by molar-refractivity contribution is -0.120. The number of ether oxygens (including phenoxy) is 1. The van der Waals surface area contributed by atoms with Crippen LogP contribution in [0.5, 0.6) is 5.75 Å². The van der Waals surface area contributed by atoms with Crippen LogP contribution in [0.2, 0.25) is 0 Å². The summed E-state index contributed by atoms with van der Waals surface area (Å²) >= 11 is 1.49. The lowest BCUT2D eigenvalue weighted by atomic mass is 9.96. The highest BCUT2D eigenvalue weighted by molar-refractivity contribution is 7.09. The van der Waals surface area contributed by atoms with Crippen LogP contribution in [-0.2, 0) is 11.2 Å². The standard InChI is InChI=1S/C21H19N3O2S/c1-14-13-27-21(22-14)12-20(25)24-23-17-11-19(15-7-3-2-4-8-15)26-18-10-6-5-9-16(17)18/h2-10,13,19H,11-12H2,1H3,(H,24,25)/t19-/m1/s1. The predicted molar refractivity (Wildman–Crippen MR) is 106 cm³/mol. The van der Waals surface area contributed by atoms with Crippen molar-refractivity contribution in [1.29, 1.82) is 0 Å². The molecule has 1 aliphatic heterocycles. The maximum Gasteiger partial charge on any atom is 0.246 e. The topological polar surface area (TPSA) is 63.6 Å². The maximum absolute atomic E-state index is 12.2. The normalized spacial score (nSPS) is 17.2. The van der Waals surface area contributed by atoms with Gasteiger partial charge in [0.25, 0.3) is 0 Å². The number of amides is 1. The second kappa shape index (κ2) is 7.72. The molecule has 4 rings (SSSR count). The average molecular weight is 377 g/mol. The fraction of sp³-hybridized carbons (Fsp3) is 0.190. The van der Waals surface area contributed by atoms with Crippen molar-refractivity contribution in [3.8, 4) is 5.75 Å². The van der Waals surface area contributed by atoms with Gasteiger partial charge in [0.1, 0.15) is 16.9 Å². The predicted octanol–water partition coefficient (Wildman–Crippen LogP) is 4.04. The Morgan fingerprint density at radius 2 is 2.00 bits per heavy atom. The van der Waals surface area contributed by atoms with Crippen LogP contribution >= 0.6 is 11.3 Å². The third-order valence-corrected chi connectivity index (χ3v) is 5.28. The van der Waals surface area contributed by atoms with Crippen LogP contribution < -0.4 is 10.2 Å². The molecule has 136 valence electrons. The van der Waals surface area contributed by atoms with Crippen molar-refractivity contribution in [2.75, 3.05) is 0 Å². The van der Waals surface area contributed by atoms with Crippen molar-refractivity contribution in [3.63, 3.8) is 0 Å². The van der Waals surface area contributed by atoms with E-state index in [-0.39, 0.29) is 18.4 Å². The summed E-state index contributed by atoms with van der Waals surface area (Å²) in [6.07, 6.45) is 0.700. The highest BCUT2D eigenvalue weighted by Gasteiger charge is 2.26. The first-order valence-corrected chi connectivity index (χ1v) is 9.64. The number of hydrazone groups is 1. The van der Waals surface area contributed by atoms with E-state index >= 15 is 0 Å². The van der Waals surface area contributed by atoms with Gasteiger partial charge < -0.3 is 4.74 Å². The van der Waals surface area contributed by atoms with Crippen molar-refractivity contribution in [2.24, 2.45) is 5.10 Å². The Morgan fingerprint density at radius 1 is 1.22 bits per heavy atom. The van der Waals surface area contributed by atoms with E-state index in [0.29, 0.717) is 6.42 Å². The quantitative estimate of drug-likeness (QED) is 0.698. The van der Waals surface area contributed by atoms with Gasteiger partial charge in [-0.2, -0.15) is 5.10 Å². The van der Waals surface area contributed by atoms with Gasteiger partial charge in [-0.05, 0) is 24.6 Å². The minimum atomic E-state index is -0.169. The van der Waals surface area contributed by atoms with Gasteiger partial charge >= 0.3 is 0 Å². The maximum atomic E-state index is 12.2. The fourth-order valence-corrected chi connectivity index (χ4v) is 3.81. The number of carbonyl (C=O) groups excluding carboxylic acids is 1. The number of thiazole rings is 1. The molecule has 1 aliphatic rings. The van der Waals surface area contributed by atoms with Gasteiger partial charge in [-0.25, -0.2) is 10.4 Å². The molecule has 6 heteroatoms. The molecular formula is C21H19N3O2S. The molecule has 1 atom stereocenters. The fourth-order valence-electron chi connectivity index (χ4n) is 3.04. The van der Waals surface area contributed by atoms with Gasteiger partial charge in [0, 0.05) is 23.1 Å². The van der Waals surface area contributed by atoms with E-state index in [9.17, 15) is 4.79 Å². The van der Waals surface area contributed by atoms with E-state index in [4.69, 9.17) is 4.74 Å². The van der Waals surface area contributed by atoms with Gasteiger partial charge in [-0.3, -0.25) is 4.79 Å². The number of nitrogens with one attached hydrogen (secondary N) is 1. The summed E-state index contributed by atoms with van der Waals surface area (Å²) in [7, 11) is 0. The Balaban J connectivity index is 1.54. The molecule has 0 aliphatic carbocycles. The van der Waals surface area contributed by atoms with Gasteiger partial charge in [-0.1, -0.05) is 42.5 Å². The SMILES string of the molecule is Cc1csc(CC(=O)NN=C2C[C@H](c3ccccc3)Oc3ccccc32)n1. The van der Waals surface area contributed by atoms with Crippen molar-refractivity contribution in [2.45, 2.75) is 25.9 Å². The summed E-state index contributed by atoms with van der Waals surface area (Å²) in [5, 5.41) is 7.15. The minimum absolute atomic E-state index is 0.127. The number of aryl methyl sites for hydroxylation is 1. The lowest BCUT2D eigenvalue weighted by Gasteiger charge is -2.27. The molecule has 0 fully saturated rings. The molecule has 1 amide bonds. The minimum Gasteiger partial charge on any atom is -0.485 e. The van der Waals surface area contributed by atoms with Crippen LogP contribution in [0.4, 0.5) is 0 Å². The van der Waals surface area contributed by atoms with Crippen molar-refractivity contribution in [3.05, 3.63) is 81.8 Å². The van der Waals surface area contributed by atoms with Crippen LogP contribution in [0.15, 0.2) is 65.1 Å². The van der Waals surface area contributed by atoms with Crippen molar-refractivity contribution >= 4 is 23.0 Å². The summed E-state index contributed by atoms with van der Waals surface area (Å²) < 4.78 is 6.15. The number of nitrogens with zero attached hydrogens (tertiary/aromatic N) is 2. The molecule has 1 aromatic heterocycles. The zero-order valence-corrected chi connectivity index (χ0v) is 15.7. The largest absolute Gasteiger partial charge is 0.485 e. The zero-order valence-electron chi connectivity index (χ0n) is 14.9. The van der Waals surface area contributed by atoms with E-state index in [2.05, 4.69) is 15.5 Å². The lowest BCUT2D eigenvalue weighted by Crippen LogP contribution is -2.26. The van der Waals surface area contributed by atoms with Gasteiger partial charge in [0.2, 0.25) is 5.91 Å². The molecule has 0 saturated carbocycles. The molecule has 0 saturated heterocycles. The highest BCUT2D eigenvalue weighted by atomic mass is 32.1. The summed E-state index contributed by atoms with van der Waals surface area (Å²) in [4.78, 5) is 16.6. The first-order valence-electron chi connectivity index (χ1n) is 8.76. The van der Waals surface area contributed by atoms with Gasteiger partial charge in [0.05, 0.1) is 12.1 Å². The molecular weight excluding hydrogens is 358 g/mol. The first kappa shape index (κ1) is 17.4. The van der Waals surface area contributed by atoms with Crippen LogP contribution in [0.25, 0.3) is 0 Å². The van der Waals surface area contributed by atoms with Crippen molar-refractivity contribution < 1.29 is 9.53 Å². The molecule has 0 unspecified atom stereocenters. The molecule has 0 spiro atoms.